The quantitative estimate of drug-likeness (QED) is 0.533. The van der Waals surface area contributed by atoms with E-state index in [1.807, 2.05) is 41.5 Å². The number of rotatable bonds is 0. The van der Waals surface area contributed by atoms with Crippen molar-refractivity contribution in [3.63, 3.8) is 0 Å². The van der Waals surface area contributed by atoms with Crippen LogP contribution in [0.1, 0.15) is 47.1 Å². The predicted octanol–water partition coefficient (Wildman–Crippen LogP) is 5.73. The minimum atomic E-state index is 1.29. The van der Waals surface area contributed by atoms with E-state index in [4.69, 9.17) is 0 Å². The van der Waals surface area contributed by atoms with Crippen molar-refractivity contribution < 1.29 is 0 Å². The molecule has 0 fully saturated rings. The van der Waals surface area contributed by atoms with Gasteiger partial charge in [-0.1, -0.05) is 71.9 Å². The molecule has 0 aromatic heterocycles. The van der Waals surface area contributed by atoms with E-state index in [0.717, 1.165) is 0 Å². The highest BCUT2D eigenvalue weighted by Gasteiger charge is 1.95. The third-order valence-electron chi connectivity index (χ3n) is 2.13. The summed E-state index contributed by atoms with van der Waals surface area (Å²) in [4.78, 5) is 0. The van der Waals surface area contributed by atoms with Gasteiger partial charge in [-0.05, 0) is 34.6 Å². The molecule has 2 aromatic carbocycles. The van der Waals surface area contributed by atoms with Crippen LogP contribution in [0.2, 0.25) is 0 Å². The number of hydrogen-bond donors (Lipinski definition) is 0. The van der Waals surface area contributed by atoms with Crippen LogP contribution in [-0.4, -0.2) is 0 Å². The van der Waals surface area contributed by atoms with Crippen LogP contribution in [0.3, 0.4) is 0 Å². The topological polar surface area (TPSA) is 0 Å². The van der Waals surface area contributed by atoms with Crippen LogP contribution in [0, 0.1) is 6.92 Å². The van der Waals surface area contributed by atoms with Gasteiger partial charge in [-0.2, -0.15) is 0 Å². The molecule has 1 unspecified atom stereocenters. The summed E-state index contributed by atoms with van der Waals surface area (Å²) in [6, 6.07) is 12.9. The summed E-state index contributed by atoms with van der Waals surface area (Å²) in [6.45, 7) is 14.1. The van der Waals surface area contributed by atoms with E-state index in [2.05, 4.69) is 52.6 Å². The zero-order valence-corrected chi connectivity index (χ0v) is 14.2. The van der Waals surface area contributed by atoms with Crippen molar-refractivity contribution in [1.29, 1.82) is 0 Å². The molecule has 0 nitrogen and oxygen atoms in total. The fourth-order valence-electron chi connectivity index (χ4n) is 1.37. The molecular weight excluding hydrogens is 235 g/mol. The van der Waals surface area contributed by atoms with Crippen LogP contribution < -0.4 is 5.30 Å². The lowest BCUT2D eigenvalue weighted by Crippen LogP contribution is -1.95. The van der Waals surface area contributed by atoms with Crippen LogP contribution in [0.15, 0.2) is 36.4 Å². The maximum absolute atomic E-state index is 2.76. The van der Waals surface area contributed by atoms with Crippen LogP contribution in [0.5, 0.6) is 0 Å². The Balaban J connectivity index is 0. The lowest BCUT2D eigenvalue weighted by molar-refractivity contribution is 1.50. The molecule has 18 heavy (non-hydrogen) atoms. The first kappa shape index (κ1) is 19.5. The molecule has 102 valence electrons. The second kappa shape index (κ2) is 12.6. The highest BCUT2D eigenvalue weighted by molar-refractivity contribution is 7.27. The predicted molar refractivity (Wildman–Crippen MR) is 92.1 cm³/mol. The smallest absolute Gasteiger partial charge is 0.0178 e. The molecule has 2 rings (SSSR count). The van der Waals surface area contributed by atoms with Gasteiger partial charge in [-0.25, -0.2) is 0 Å². The third kappa shape index (κ3) is 6.17. The van der Waals surface area contributed by atoms with E-state index in [0.29, 0.717) is 0 Å². The Kier molecular flexibility index (Phi) is 13.6. The van der Waals surface area contributed by atoms with Gasteiger partial charge in [0, 0.05) is 0 Å². The van der Waals surface area contributed by atoms with E-state index >= 15 is 0 Å². The molecule has 0 bridgehead atoms. The van der Waals surface area contributed by atoms with Crippen molar-refractivity contribution in [3.05, 3.63) is 42.0 Å². The fraction of sp³-hybridized carbons (Fsp3) is 0.412. The second-order valence-corrected chi connectivity index (χ2v) is 3.68. The van der Waals surface area contributed by atoms with E-state index in [1.54, 1.807) is 0 Å². The maximum atomic E-state index is 2.76. The number of benzene rings is 2. The highest BCUT2D eigenvalue weighted by Crippen LogP contribution is 2.14. The van der Waals surface area contributed by atoms with Crippen molar-refractivity contribution >= 4 is 25.3 Å². The van der Waals surface area contributed by atoms with Gasteiger partial charge in [0.25, 0.3) is 0 Å². The number of hydrogen-bond acceptors (Lipinski definition) is 0. The lowest BCUT2D eigenvalue weighted by atomic mass is 10.1. The summed E-state index contributed by atoms with van der Waals surface area (Å²) in [5.41, 5.74) is 1.33. The zero-order valence-electron chi connectivity index (χ0n) is 13.0. The number of aryl methyl sites for hydroxylation is 1. The lowest BCUT2D eigenvalue weighted by Gasteiger charge is -2.02. The Labute approximate surface area is 116 Å². The molecule has 2 aromatic rings. The standard InChI is InChI=1S/C11H11P.3C2H6/c1-8-6-9-4-2-3-5-10(9)7-11(8)12;3*1-2/h2-7H,12H2,1H3;3*1-2H3. The molecule has 0 heterocycles. The van der Waals surface area contributed by atoms with Crippen molar-refractivity contribution in [1.82, 2.24) is 0 Å². The molecule has 0 aliphatic rings. The van der Waals surface area contributed by atoms with Crippen LogP contribution >= 0.6 is 9.24 Å². The van der Waals surface area contributed by atoms with E-state index in [1.165, 1.54) is 21.6 Å². The normalized spacial score (nSPS) is 8.00. The minimum Gasteiger partial charge on any atom is -0.105 e. The summed E-state index contributed by atoms with van der Waals surface area (Å²) in [5.74, 6) is 0. The molecular formula is C17H29P. The number of fused-ring (bicyclic) bond motifs is 1. The minimum absolute atomic E-state index is 1.29. The van der Waals surface area contributed by atoms with Crippen molar-refractivity contribution in [2.75, 3.05) is 0 Å². The van der Waals surface area contributed by atoms with Gasteiger partial charge in [0.15, 0.2) is 0 Å². The monoisotopic (exact) mass is 264 g/mol. The molecule has 0 aliphatic carbocycles. The molecule has 0 radical (unpaired) electrons. The Morgan fingerprint density at radius 1 is 0.722 bits per heavy atom. The molecule has 0 saturated heterocycles. The summed E-state index contributed by atoms with van der Waals surface area (Å²) in [7, 11) is 2.76. The van der Waals surface area contributed by atoms with Crippen molar-refractivity contribution in [2.24, 2.45) is 0 Å². The second-order valence-electron chi connectivity index (χ2n) is 3.06. The molecule has 0 saturated carbocycles. The average molecular weight is 264 g/mol. The molecule has 0 aliphatic heterocycles. The van der Waals surface area contributed by atoms with E-state index in [9.17, 15) is 0 Å². The molecule has 1 atom stereocenters. The van der Waals surface area contributed by atoms with Gasteiger partial charge in [-0.15, -0.1) is 9.24 Å². The molecule has 0 spiro atoms. The first-order valence-corrected chi connectivity index (χ1v) is 7.60. The average Bonchev–Trinajstić information content (AvgIpc) is 2.47. The Bertz CT molecular complexity index is 378. The summed E-state index contributed by atoms with van der Waals surface area (Å²) in [5, 5.41) is 3.92. The van der Waals surface area contributed by atoms with Crippen molar-refractivity contribution in [3.8, 4) is 0 Å². The molecule has 1 heteroatoms. The van der Waals surface area contributed by atoms with Crippen LogP contribution in [0.25, 0.3) is 10.8 Å². The first-order chi connectivity index (χ1) is 8.77. The highest BCUT2D eigenvalue weighted by atomic mass is 31.0. The zero-order chi connectivity index (χ0) is 14.6. The van der Waals surface area contributed by atoms with Gasteiger partial charge in [0.05, 0.1) is 0 Å². The molecule has 0 N–H and O–H groups in total. The van der Waals surface area contributed by atoms with Crippen LogP contribution in [0.4, 0.5) is 0 Å². The van der Waals surface area contributed by atoms with E-state index in [-0.39, 0.29) is 0 Å². The SMILES string of the molecule is CC.CC.CC.Cc1cc2ccccc2cc1P. The largest absolute Gasteiger partial charge is 0.105 e. The van der Waals surface area contributed by atoms with Gasteiger partial charge in [0.2, 0.25) is 0 Å². The van der Waals surface area contributed by atoms with Gasteiger partial charge in [0.1, 0.15) is 0 Å². The fourth-order valence-corrected chi connectivity index (χ4v) is 1.63. The summed E-state index contributed by atoms with van der Waals surface area (Å²) >= 11 is 0. The van der Waals surface area contributed by atoms with Gasteiger partial charge < -0.3 is 0 Å². The van der Waals surface area contributed by atoms with Gasteiger partial charge in [-0.3, -0.25) is 0 Å². The van der Waals surface area contributed by atoms with Crippen LogP contribution in [-0.2, 0) is 0 Å². The van der Waals surface area contributed by atoms with Crippen molar-refractivity contribution in [2.45, 2.75) is 48.5 Å². The Morgan fingerprint density at radius 3 is 1.56 bits per heavy atom. The Morgan fingerprint density at radius 2 is 1.11 bits per heavy atom. The maximum Gasteiger partial charge on any atom is -0.0178 e. The van der Waals surface area contributed by atoms with Gasteiger partial charge >= 0.3 is 0 Å². The molecule has 0 amide bonds. The van der Waals surface area contributed by atoms with E-state index < -0.39 is 0 Å². The Hall–Kier alpha value is -0.870. The third-order valence-corrected chi connectivity index (χ3v) is 2.76. The summed E-state index contributed by atoms with van der Waals surface area (Å²) in [6.07, 6.45) is 0. The first-order valence-electron chi connectivity index (χ1n) is 7.02. The summed E-state index contributed by atoms with van der Waals surface area (Å²) < 4.78 is 0.